The van der Waals surface area contributed by atoms with Gasteiger partial charge in [-0.1, -0.05) is 0 Å². The van der Waals surface area contributed by atoms with Crippen molar-refractivity contribution in [2.24, 2.45) is 0 Å². The molecule has 0 fully saturated rings. The minimum Gasteiger partial charge on any atom is -1.00 e. The van der Waals surface area contributed by atoms with E-state index >= 15 is 0 Å². The fourth-order valence-electron chi connectivity index (χ4n) is 0. The minimum atomic E-state index is 0. The molecule has 0 unspecified atom stereocenters. The first-order valence-corrected chi connectivity index (χ1v) is 0. The normalized spacial score (nSPS) is 0. The Morgan fingerprint density at radius 3 is 0.300 bits per heavy atom. The molecule has 0 aromatic rings. The van der Waals surface area contributed by atoms with Gasteiger partial charge < -0.3 is 99.3 Å². The van der Waals surface area contributed by atoms with Crippen LogP contribution in [0, 0.1) is 0 Å². The molecule has 0 aromatic heterocycles. The number of rotatable bonds is 0. The summed E-state index contributed by atoms with van der Waals surface area (Å²) in [5.74, 6) is 0. The predicted molar refractivity (Wildman–Crippen MR) is 5.75 cm³/mol. The molecule has 0 amide bonds. The molecule has 64 valence electrons. The standard InChI is InChI=1S/B.8ClH.Ta/h;8*1H;/q+3;;;;;;;;;+5/p-8. The Labute approximate surface area is 129 Å². The van der Waals surface area contributed by atoms with E-state index in [1.807, 2.05) is 0 Å². The van der Waals surface area contributed by atoms with Gasteiger partial charge in [-0.15, -0.1) is 0 Å². The molecule has 0 rings (SSSR count). The van der Waals surface area contributed by atoms with Crippen molar-refractivity contribution in [2.75, 3.05) is 0 Å². The molecule has 0 N–H and O–H groups in total. The van der Waals surface area contributed by atoms with Gasteiger partial charge in [-0.25, -0.2) is 0 Å². The van der Waals surface area contributed by atoms with E-state index < -0.39 is 0 Å². The number of hydrogen-bond acceptors (Lipinski definition) is 0. The van der Waals surface area contributed by atoms with Crippen LogP contribution in [-0.2, 0) is 22.4 Å². The van der Waals surface area contributed by atoms with E-state index in [0.717, 1.165) is 0 Å². The molecule has 0 atom stereocenters. The molecule has 0 saturated heterocycles. The molecule has 0 aliphatic carbocycles. The van der Waals surface area contributed by atoms with Crippen LogP contribution in [0.25, 0.3) is 0 Å². The van der Waals surface area contributed by atoms with Crippen molar-refractivity contribution < 1.29 is 122 Å². The molecule has 0 spiro atoms. The van der Waals surface area contributed by atoms with Crippen molar-refractivity contribution in [2.45, 2.75) is 0 Å². The summed E-state index contributed by atoms with van der Waals surface area (Å²) in [6, 6.07) is 0. The van der Waals surface area contributed by atoms with Gasteiger partial charge in [0.25, 0.3) is 0 Å². The summed E-state index contributed by atoms with van der Waals surface area (Å²) < 4.78 is 0. The van der Waals surface area contributed by atoms with Gasteiger partial charge in [0.05, 0.1) is 0 Å². The summed E-state index contributed by atoms with van der Waals surface area (Å²) in [6.45, 7) is 0. The molecular formula is BCl8Ta. The zero-order chi connectivity index (χ0) is 0. The van der Waals surface area contributed by atoms with Crippen LogP contribution in [0.3, 0.4) is 0 Å². The molecule has 0 aromatic carbocycles. The second-order valence-electron chi connectivity index (χ2n) is 0. The van der Waals surface area contributed by atoms with Gasteiger partial charge in [-0.2, -0.15) is 0 Å². The first-order valence-electron chi connectivity index (χ1n) is 0. The predicted octanol–water partition coefficient (Wildman–Crippen LogP) is -24.4. The van der Waals surface area contributed by atoms with Crippen molar-refractivity contribution in [3.05, 3.63) is 0 Å². The van der Waals surface area contributed by atoms with Gasteiger partial charge in [-0.05, 0) is 0 Å². The average molecular weight is 475 g/mol. The Bertz CT molecular complexity index is 9.22. The minimum absolute atomic E-state index is 0. The maximum atomic E-state index is 0. The van der Waals surface area contributed by atoms with Crippen LogP contribution in [0.4, 0.5) is 0 Å². The van der Waals surface area contributed by atoms with Crippen molar-refractivity contribution in [1.29, 1.82) is 0 Å². The third-order valence-electron chi connectivity index (χ3n) is 0. The van der Waals surface area contributed by atoms with E-state index in [-0.39, 0.29) is 130 Å². The Kier molecular flexibility index (Phi) is 3040. The van der Waals surface area contributed by atoms with Gasteiger partial charge in [0.2, 0.25) is 0 Å². The van der Waals surface area contributed by atoms with E-state index in [0.29, 0.717) is 0 Å². The SMILES string of the molecule is [B+3].[Cl-].[Cl-].[Cl-].[Cl-].[Cl-].[Cl-].[Cl-].[Cl-].[Ta+5]. The van der Waals surface area contributed by atoms with Crippen LogP contribution in [0.2, 0.25) is 0 Å². The third-order valence-corrected chi connectivity index (χ3v) is 0. The Hall–Kier alpha value is 3.13. The molecule has 0 radical (unpaired) electrons. The molecule has 0 saturated carbocycles. The summed E-state index contributed by atoms with van der Waals surface area (Å²) in [5, 5.41) is 0. The Balaban J connectivity index is 0. The second-order valence-corrected chi connectivity index (χ2v) is 0. The van der Waals surface area contributed by atoms with Crippen LogP contribution in [-0.4, -0.2) is 8.41 Å². The monoisotopic (exact) mass is 472 g/mol. The van der Waals surface area contributed by atoms with Crippen LogP contribution in [0.1, 0.15) is 0 Å². The number of hydrogen-bond donors (Lipinski definition) is 0. The molecule has 10 heteroatoms. The van der Waals surface area contributed by atoms with E-state index in [1.165, 1.54) is 0 Å². The molecular weight excluding hydrogens is 475 g/mol. The Morgan fingerprint density at radius 2 is 0.300 bits per heavy atom. The smallest absolute Gasteiger partial charge is 1.00 e. The quantitative estimate of drug-likeness (QED) is 0.306. The van der Waals surface area contributed by atoms with Crippen LogP contribution in [0.15, 0.2) is 0 Å². The molecule has 0 aliphatic rings. The number of halogens is 8. The molecule has 0 heterocycles. The summed E-state index contributed by atoms with van der Waals surface area (Å²) >= 11 is 0. The fourth-order valence-corrected chi connectivity index (χ4v) is 0. The summed E-state index contributed by atoms with van der Waals surface area (Å²) in [5.41, 5.74) is 0. The zero-order valence-corrected chi connectivity index (χ0v) is 13.3. The van der Waals surface area contributed by atoms with Crippen LogP contribution >= 0.6 is 0 Å². The molecule has 0 aliphatic heterocycles. The zero-order valence-electron chi connectivity index (χ0n) is 4.05. The topological polar surface area (TPSA) is 0 Å². The maximum absolute atomic E-state index is 0. The largest absolute Gasteiger partial charge is 5.00 e. The summed E-state index contributed by atoms with van der Waals surface area (Å²) in [6.07, 6.45) is 0. The first kappa shape index (κ1) is 198. The molecule has 10 heavy (non-hydrogen) atoms. The van der Waals surface area contributed by atoms with Gasteiger partial charge in [0.15, 0.2) is 0 Å². The average Bonchev–Trinajstić information content (AvgIpc) is 0. The van der Waals surface area contributed by atoms with E-state index in [2.05, 4.69) is 0 Å². The van der Waals surface area contributed by atoms with E-state index in [4.69, 9.17) is 0 Å². The Morgan fingerprint density at radius 1 is 0.300 bits per heavy atom. The van der Waals surface area contributed by atoms with Gasteiger partial charge >= 0.3 is 30.8 Å². The van der Waals surface area contributed by atoms with Crippen molar-refractivity contribution in [3.63, 3.8) is 0 Å². The second kappa shape index (κ2) is 154. The molecule has 0 bridgehead atoms. The summed E-state index contributed by atoms with van der Waals surface area (Å²) in [4.78, 5) is 0. The third kappa shape index (κ3) is 117. The van der Waals surface area contributed by atoms with Crippen molar-refractivity contribution in [1.82, 2.24) is 0 Å². The summed E-state index contributed by atoms with van der Waals surface area (Å²) in [7, 11) is 0. The van der Waals surface area contributed by atoms with Gasteiger partial charge in [0, 0.05) is 0 Å². The molecule has 0 nitrogen and oxygen atoms in total. The first-order chi connectivity index (χ1) is 0. The van der Waals surface area contributed by atoms with Crippen molar-refractivity contribution in [3.8, 4) is 0 Å². The van der Waals surface area contributed by atoms with Crippen LogP contribution in [0.5, 0.6) is 0 Å². The van der Waals surface area contributed by atoms with Gasteiger partial charge in [-0.3, -0.25) is 0 Å². The van der Waals surface area contributed by atoms with E-state index in [9.17, 15) is 0 Å². The van der Waals surface area contributed by atoms with Crippen LogP contribution < -0.4 is 99.3 Å². The van der Waals surface area contributed by atoms with Crippen molar-refractivity contribution >= 4 is 8.41 Å². The van der Waals surface area contributed by atoms with E-state index in [1.54, 1.807) is 0 Å². The maximum Gasteiger partial charge on any atom is 5.00 e. The van der Waals surface area contributed by atoms with Gasteiger partial charge in [0.1, 0.15) is 0 Å². The fraction of sp³-hybridized carbons (Fsp3) is 0.